The summed E-state index contributed by atoms with van der Waals surface area (Å²) in [6.45, 7) is 0.528. The van der Waals surface area contributed by atoms with Gasteiger partial charge in [-0.25, -0.2) is 0 Å². The van der Waals surface area contributed by atoms with Gasteiger partial charge in [-0.3, -0.25) is 14.9 Å². The maximum Gasteiger partial charge on any atom is 0.271 e. The van der Waals surface area contributed by atoms with Gasteiger partial charge in [0.1, 0.15) is 11.5 Å². The average Bonchev–Trinajstić information content (AvgIpc) is 2.75. The predicted molar refractivity (Wildman–Crippen MR) is 110 cm³/mol. The molecule has 0 aromatic heterocycles. The molecule has 0 spiro atoms. The molecule has 3 rings (SSSR count). The van der Waals surface area contributed by atoms with E-state index in [0.717, 1.165) is 6.42 Å². The largest absolute Gasteiger partial charge is 0.495 e. The van der Waals surface area contributed by atoms with Crippen molar-refractivity contribution in [2.75, 3.05) is 19.0 Å². The van der Waals surface area contributed by atoms with Gasteiger partial charge in [-0.1, -0.05) is 30.3 Å². The molecule has 0 fully saturated rings. The molecule has 7 nitrogen and oxygen atoms in total. The molecular weight excluding hydrogens is 372 g/mol. The van der Waals surface area contributed by atoms with E-state index >= 15 is 0 Å². The first-order valence-corrected chi connectivity index (χ1v) is 8.97. The molecule has 0 unspecified atom stereocenters. The Morgan fingerprint density at radius 1 is 1.03 bits per heavy atom. The molecule has 7 heteroatoms. The molecule has 0 aliphatic carbocycles. The Balaban J connectivity index is 1.62. The molecule has 3 aromatic rings. The topological polar surface area (TPSA) is 90.7 Å². The number of hydrogen-bond donors (Lipinski definition) is 1. The molecule has 0 aliphatic heterocycles. The second kappa shape index (κ2) is 9.36. The van der Waals surface area contributed by atoms with Crippen molar-refractivity contribution in [3.8, 4) is 11.5 Å². The summed E-state index contributed by atoms with van der Waals surface area (Å²) in [5.41, 5.74) is 1.68. The summed E-state index contributed by atoms with van der Waals surface area (Å²) in [4.78, 5) is 22.9. The van der Waals surface area contributed by atoms with Crippen molar-refractivity contribution >= 4 is 17.3 Å². The van der Waals surface area contributed by atoms with E-state index in [-0.39, 0.29) is 11.4 Å². The molecule has 0 bridgehead atoms. The lowest BCUT2D eigenvalue weighted by molar-refractivity contribution is -0.384. The number of carbonyl (C=O) groups excluding carboxylic acids is 1. The molecule has 0 radical (unpaired) electrons. The van der Waals surface area contributed by atoms with Gasteiger partial charge in [-0.2, -0.15) is 0 Å². The number of anilines is 1. The van der Waals surface area contributed by atoms with E-state index in [4.69, 9.17) is 9.47 Å². The number of nitro groups is 1. The summed E-state index contributed by atoms with van der Waals surface area (Å²) in [5, 5.41) is 13.6. The van der Waals surface area contributed by atoms with Gasteiger partial charge in [0.2, 0.25) is 0 Å². The highest BCUT2D eigenvalue weighted by Gasteiger charge is 2.14. The Kier molecular flexibility index (Phi) is 6.42. The standard InChI is InChI=1S/C22H20N2O5/c1-28-21-12-9-18(24(26)27)15-20(21)23-22(25)17-7-10-19(11-8-17)29-14-13-16-5-3-2-4-6-16/h2-12,15H,13-14H2,1H3,(H,23,25). The van der Waals surface area contributed by atoms with E-state index in [1.54, 1.807) is 24.3 Å². The van der Waals surface area contributed by atoms with E-state index in [1.165, 1.54) is 30.9 Å². The van der Waals surface area contributed by atoms with Crippen LogP contribution in [-0.2, 0) is 6.42 Å². The van der Waals surface area contributed by atoms with Gasteiger partial charge in [-0.15, -0.1) is 0 Å². The van der Waals surface area contributed by atoms with Gasteiger partial charge in [0.25, 0.3) is 11.6 Å². The van der Waals surface area contributed by atoms with Gasteiger partial charge in [0.15, 0.2) is 0 Å². The fourth-order valence-electron chi connectivity index (χ4n) is 2.74. The average molecular weight is 392 g/mol. The number of methoxy groups -OCH3 is 1. The predicted octanol–water partition coefficient (Wildman–Crippen LogP) is 4.48. The molecule has 3 aromatic carbocycles. The second-order valence-corrected chi connectivity index (χ2v) is 6.20. The molecule has 1 amide bonds. The number of amides is 1. The zero-order valence-electron chi connectivity index (χ0n) is 15.8. The highest BCUT2D eigenvalue weighted by molar-refractivity contribution is 6.05. The third kappa shape index (κ3) is 5.32. The third-order valence-electron chi connectivity index (χ3n) is 4.26. The zero-order chi connectivity index (χ0) is 20.6. The monoisotopic (exact) mass is 392 g/mol. The number of nitro benzene ring substituents is 1. The van der Waals surface area contributed by atoms with Gasteiger partial charge < -0.3 is 14.8 Å². The van der Waals surface area contributed by atoms with Gasteiger partial charge in [0.05, 0.1) is 24.3 Å². The van der Waals surface area contributed by atoms with Crippen molar-refractivity contribution in [2.45, 2.75) is 6.42 Å². The molecule has 1 N–H and O–H groups in total. The summed E-state index contributed by atoms with van der Waals surface area (Å²) < 4.78 is 10.9. The fourth-order valence-corrected chi connectivity index (χ4v) is 2.74. The van der Waals surface area contributed by atoms with E-state index in [9.17, 15) is 14.9 Å². The molecule has 148 valence electrons. The van der Waals surface area contributed by atoms with Crippen molar-refractivity contribution in [1.82, 2.24) is 0 Å². The molecule has 0 saturated carbocycles. The minimum atomic E-state index is -0.531. The van der Waals surface area contributed by atoms with Crippen molar-refractivity contribution in [3.63, 3.8) is 0 Å². The third-order valence-corrected chi connectivity index (χ3v) is 4.26. The van der Waals surface area contributed by atoms with Crippen LogP contribution in [0.4, 0.5) is 11.4 Å². The number of hydrogen-bond acceptors (Lipinski definition) is 5. The minimum Gasteiger partial charge on any atom is -0.495 e. The van der Waals surface area contributed by atoms with E-state index in [2.05, 4.69) is 5.32 Å². The lowest BCUT2D eigenvalue weighted by Gasteiger charge is -2.11. The van der Waals surface area contributed by atoms with Crippen LogP contribution in [0.2, 0.25) is 0 Å². The summed E-state index contributed by atoms with van der Waals surface area (Å²) in [6.07, 6.45) is 0.787. The highest BCUT2D eigenvalue weighted by atomic mass is 16.6. The number of carbonyl (C=O) groups is 1. The molecule has 29 heavy (non-hydrogen) atoms. The summed E-state index contributed by atoms with van der Waals surface area (Å²) >= 11 is 0. The smallest absolute Gasteiger partial charge is 0.271 e. The second-order valence-electron chi connectivity index (χ2n) is 6.20. The van der Waals surface area contributed by atoms with Crippen LogP contribution in [0.15, 0.2) is 72.8 Å². The Hall–Kier alpha value is -3.87. The van der Waals surface area contributed by atoms with Gasteiger partial charge in [-0.05, 0) is 35.9 Å². The Morgan fingerprint density at radius 2 is 1.76 bits per heavy atom. The first-order chi connectivity index (χ1) is 14.1. The molecule has 0 saturated heterocycles. The van der Waals surface area contributed by atoms with Crippen LogP contribution in [0.25, 0.3) is 0 Å². The van der Waals surface area contributed by atoms with Crippen LogP contribution in [-0.4, -0.2) is 24.5 Å². The van der Waals surface area contributed by atoms with E-state index in [0.29, 0.717) is 23.7 Å². The van der Waals surface area contributed by atoms with Crippen LogP contribution >= 0.6 is 0 Å². The number of non-ortho nitro benzene ring substituents is 1. The van der Waals surface area contributed by atoms with Crippen molar-refractivity contribution in [2.24, 2.45) is 0 Å². The first kappa shape index (κ1) is 19.9. The zero-order valence-corrected chi connectivity index (χ0v) is 15.8. The van der Waals surface area contributed by atoms with Crippen molar-refractivity contribution in [3.05, 3.63) is 94.0 Å². The minimum absolute atomic E-state index is 0.136. The lowest BCUT2D eigenvalue weighted by Crippen LogP contribution is -2.13. The normalized spacial score (nSPS) is 10.2. The number of nitrogens with one attached hydrogen (secondary N) is 1. The maximum atomic E-state index is 12.5. The number of nitrogens with zero attached hydrogens (tertiary/aromatic N) is 1. The van der Waals surface area contributed by atoms with E-state index < -0.39 is 10.8 Å². The van der Waals surface area contributed by atoms with Crippen molar-refractivity contribution < 1.29 is 19.2 Å². The highest BCUT2D eigenvalue weighted by Crippen LogP contribution is 2.29. The quantitative estimate of drug-likeness (QED) is 0.451. The van der Waals surface area contributed by atoms with Crippen LogP contribution < -0.4 is 14.8 Å². The molecule has 0 atom stereocenters. The Labute approximate surface area is 168 Å². The van der Waals surface area contributed by atoms with Crippen LogP contribution in [0.1, 0.15) is 15.9 Å². The summed E-state index contributed by atoms with van der Waals surface area (Å²) in [6, 6.07) is 20.7. The van der Waals surface area contributed by atoms with Gasteiger partial charge in [0, 0.05) is 24.1 Å². The Bertz CT molecular complexity index is 988. The van der Waals surface area contributed by atoms with Crippen molar-refractivity contribution in [1.29, 1.82) is 0 Å². The number of rotatable bonds is 8. The Morgan fingerprint density at radius 3 is 2.41 bits per heavy atom. The molecule has 0 aliphatic rings. The van der Waals surface area contributed by atoms with Crippen LogP contribution in [0.3, 0.4) is 0 Å². The van der Waals surface area contributed by atoms with Gasteiger partial charge >= 0.3 is 0 Å². The summed E-state index contributed by atoms with van der Waals surface area (Å²) in [7, 11) is 1.43. The SMILES string of the molecule is COc1ccc([N+](=O)[O-])cc1NC(=O)c1ccc(OCCc2ccccc2)cc1. The van der Waals surface area contributed by atoms with Crippen LogP contribution in [0.5, 0.6) is 11.5 Å². The van der Waals surface area contributed by atoms with Crippen LogP contribution in [0, 0.1) is 10.1 Å². The number of ether oxygens (including phenoxy) is 2. The molecular formula is C22H20N2O5. The fraction of sp³-hybridized carbons (Fsp3) is 0.136. The van der Waals surface area contributed by atoms with E-state index in [1.807, 2.05) is 30.3 Å². The maximum absolute atomic E-state index is 12.5. The first-order valence-electron chi connectivity index (χ1n) is 8.97. The summed E-state index contributed by atoms with van der Waals surface area (Å²) in [5.74, 6) is 0.592. The number of benzene rings is 3. The lowest BCUT2D eigenvalue weighted by atomic mass is 10.1. The molecule has 0 heterocycles.